The van der Waals surface area contributed by atoms with Crippen molar-refractivity contribution in [2.24, 2.45) is 5.73 Å². The Kier molecular flexibility index (Phi) is 5.41. The molecule has 1 amide bonds. The number of nitrogens with zero attached hydrogens (tertiary/aromatic N) is 1. The molecule has 1 saturated heterocycles. The van der Waals surface area contributed by atoms with Crippen molar-refractivity contribution in [1.29, 1.82) is 0 Å². The molecule has 0 saturated carbocycles. The fourth-order valence-electron chi connectivity index (χ4n) is 2.60. The second-order valence-corrected chi connectivity index (χ2v) is 7.96. The van der Waals surface area contributed by atoms with Gasteiger partial charge < -0.3 is 15.4 Å². The molecule has 0 bridgehead atoms. The molecule has 2 rings (SSSR count). The van der Waals surface area contributed by atoms with Gasteiger partial charge >= 0.3 is 6.09 Å². The Morgan fingerprint density at radius 1 is 1.45 bits per heavy atom. The number of likely N-dealkylation sites (tertiary alicyclic amines) is 1. The van der Waals surface area contributed by atoms with Crippen molar-refractivity contribution in [3.8, 4) is 0 Å². The zero-order valence-corrected chi connectivity index (χ0v) is 15.4. The van der Waals surface area contributed by atoms with E-state index in [2.05, 4.69) is 15.9 Å². The Morgan fingerprint density at radius 3 is 2.77 bits per heavy atom. The molecule has 22 heavy (non-hydrogen) atoms. The highest BCUT2D eigenvalue weighted by Crippen LogP contribution is 2.36. The molecular formula is C16H22BrClN2O2. The van der Waals surface area contributed by atoms with E-state index in [-0.39, 0.29) is 18.2 Å². The van der Waals surface area contributed by atoms with E-state index in [4.69, 9.17) is 22.1 Å². The lowest BCUT2D eigenvalue weighted by Crippen LogP contribution is -2.47. The molecule has 4 nitrogen and oxygen atoms in total. The molecule has 2 unspecified atom stereocenters. The molecule has 0 radical (unpaired) electrons. The maximum Gasteiger partial charge on any atom is 0.410 e. The quantitative estimate of drug-likeness (QED) is 0.769. The number of halogens is 2. The summed E-state index contributed by atoms with van der Waals surface area (Å²) < 4.78 is 6.45. The third kappa shape index (κ3) is 4.37. The Balaban J connectivity index is 2.31. The predicted octanol–water partition coefficient (Wildman–Crippen LogP) is 4.50. The van der Waals surface area contributed by atoms with Crippen LogP contribution in [0.2, 0.25) is 5.02 Å². The fraction of sp³-hybridized carbons (Fsp3) is 0.562. The summed E-state index contributed by atoms with van der Waals surface area (Å²) in [6.07, 6.45) is 1.12. The van der Waals surface area contributed by atoms with Crippen molar-refractivity contribution in [2.75, 3.05) is 6.54 Å². The Hall–Kier alpha value is -0.780. The van der Waals surface area contributed by atoms with Crippen LogP contribution < -0.4 is 5.73 Å². The second kappa shape index (κ2) is 6.77. The first-order valence-corrected chi connectivity index (χ1v) is 8.54. The number of piperidine rings is 1. The molecule has 1 aromatic carbocycles. The summed E-state index contributed by atoms with van der Waals surface area (Å²) in [5.74, 6) is 0. The molecule has 1 aliphatic rings. The molecule has 0 aliphatic carbocycles. The van der Waals surface area contributed by atoms with E-state index in [1.807, 2.05) is 39.0 Å². The third-order valence-electron chi connectivity index (χ3n) is 3.59. The maximum absolute atomic E-state index is 12.5. The van der Waals surface area contributed by atoms with Crippen molar-refractivity contribution in [2.45, 2.75) is 51.3 Å². The number of nitrogens with two attached hydrogens (primary N) is 1. The Morgan fingerprint density at radius 2 is 2.14 bits per heavy atom. The SMILES string of the molecule is CC(C)(C)OC(=O)N1CCC(N)CC1c1cc(Br)ccc1Cl. The molecule has 1 aliphatic heterocycles. The van der Waals surface area contributed by atoms with E-state index < -0.39 is 5.60 Å². The van der Waals surface area contributed by atoms with Crippen LogP contribution in [0, 0.1) is 0 Å². The summed E-state index contributed by atoms with van der Waals surface area (Å²) >= 11 is 9.80. The predicted molar refractivity (Wildman–Crippen MR) is 92.0 cm³/mol. The number of hydrogen-bond donors (Lipinski definition) is 1. The molecule has 1 heterocycles. The molecule has 1 fully saturated rings. The minimum absolute atomic E-state index is 0.0544. The van der Waals surface area contributed by atoms with Gasteiger partial charge in [-0.15, -0.1) is 0 Å². The minimum Gasteiger partial charge on any atom is -0.444 e. The first kappa shape index (κ1) is 17.6. The van der Waals surface area contributed by atoms with Crippen LogP contribution in [0.3, 0.4) is 0 Å². The van der Waals surface area contributed by atoms with Crippen LogP contribution in [-0.4, -0.2) is 29.2 Å². The van der Waals surface area contributed by atoms with Gasteiger partial charge in [-0.2, -0.15) is 0 Å². The monoisotopic (exact) mass is 388 g/mol. The number of carbonyl (C=O) groups is 1. The highest BCUT2D eigenvalue weighted by Gasteiger charge is 2.35. The van der Waals surface area contributed by atoms with E-state index in [1.165, 1.54) is 0 Å². The number of carbonyl (C=O) groups excluding carboxylic acids is 1. The Labute approximate surface area is 145 Å². The van der Waals surface area contributed by atoms with Gasteiger partial charge in [0.15, 0.2) is 0 Å². The van der Waals surface area contributed by atoms with E-state index in [1.54, 1.807) is 4.90 Å². The van der Waals surface area contributed by atoms with Gasteiger partial charge in [0.2, 0.25) is 0 Å². The van der Waals surface area contributed by atoms with E-state index in [9.17, 15) is 4.79 Å². The lowest BCUT2D eigenvalue weighted by molar-refractivity contribution is 0.00798. The summed E-state index contributed by atoms with van der Waals surface area (Å²) in [5.41, 5.74) is 6.48. The normalized spacial score (nSPS) is 22.5. The van der Waals surface area contributed by atoms with Gasteiger partial charge in [-0.3, -0.25) is 0 Å². The molecule has 0 aromatic heterocycles. The van der Waals surface area contributed by atoms with Gasteiger partial charge in [-0.1, -0.05) is 27.5 Å². The van der Waals surface area contributed by atoms with Crippen molar-refractivity contribution >= 4 is 33.6 Å². The minimum atomic E-state index is -0.526. The molecule has 2 N–H and O–H groups in total. The van der Waals surface area contributed by atoms with Crippen LogP contribution in [-0.2, 0) is 4.74 Å². The van der Waals surface area contributed by atoms with E-state index in [0.717, 1.165) is 16.5 Å². The number of hydrogen-bond acceptors (Lipinski definition) is 3. The summed E-state index contributed by atoms with van der Waals surface area (Å²) in [6.45, 7) is 6.16. The van der Waals surface area contributed by atoms with Crippen LogP contribution in [0.15, 0.2) is 22.7 Å². The largest absolute Gasteiger partial charge is 0.444 e. The summed E-state index contributed by atoms with van der Waals surface area (Å²) in [7, 11) is 0. The Bertz CT molecular complexity index is 560. The highest BCUT2D eigenvalue weighted by atomic mass is 79.9. The van der Waals surface area contributed by atoms with Crippen molar-refractivity contribution in [1.82, 2.24) is 4.90 Å². The van der Waals surface area contributed by atoms with Crippen LogP contribution in [0.5, 0.6) is 0 Å². The molecular weight excluding hydrogens is 368 g/mol. The van der Waals surface area contributed by atoms with Crippen LogP contribution in [0.1, 0.15) is 45.2 Å². The third-order valence-corrected chi connectivity index (χ3v) is 4.43. The average Bonchev–Trinajstić information content (AvgIpc) is 2.39. The van der Waals surface area contributed by atoms with Crippen LogP contribution in [0.25, 0.3) is 0 Å². The summed E-state index contributed by atoms with van der Waals surface area (Å²) in [4.78, 5) is 14.2. The summed E-state index contributed by atoms with van der Waals surface area (Å²) in [6, 6.07) is 5.55. The molecule has 122 valence electrons. The zero-order chi connectivity index (χ0) is 16.5. The first-order valence-electron chi connectivity index (χ1n) is 7.37. The smallest absolute Gasteiger partial charge is 0.410 e. The maximum atomic E-state index is 12.5. The molecule has 1 aromatic rings. The topological polar surface area (TPSA) is 55.6 Å². The molecule has 0 spiro atoms. The van der Waals surface area contributed by atoms with Gasteiger partial charge in [-0.05, 0) is 57.4 Å². The number of ether oxygens (including phenoxy) is 1. The standard InChI is InChI=1S/C16H22BrClN2O2/c1-16(2,3)22-15(21)20-7-6-11(19)9-14(20)12-8-10(17)4-5-13(12)18/h4-5,8,11,14H,6-7,9,19H2,1-3H3. The van der Waals surface area contributed by atoms with Crippen molar-refractivity contribution < 1.29 is 9.53 Å². The van der Waals surface area contributed by atoms with E-state index >= 15 is 0 Å². The highest BCUT2D eigenvalue weighted by molar-refractivity contribution is 9.10. The molecule has 6 heteroatoms. The number of rotatable bonds is 1. The zero-order valence-electron chi connectivity index (χ0n) is 13.1. The lowest BCUT2D eigenvalue weighted by atomic mass is 9.92. The van der Waals surface area contributed by atoms with Gasteiger partial charge in [0.25, 0.3) is 0 Å². The van der Waals surface area contributed by atoms with Crippen molar-refractivity contribution in [3.05, 3.63) is 33.3 Å². The van der Waals surface area contributed by atoms with Gasteiger partial charge in [0, 0.05) is 22.1 Å². The second-order valence-electron chi connectivity index (χ2n) is 6.64. The van der Waals surface area contributed by atoms with Crippen LogP contribution in [0.4, 0.5) is 4.79 Å². The average molecular weight is 390 g/mol. The van der Waals surface area contributed by atoms with Gasteiger partial charge in [0.05, 0.1) is 6.04 Å². The van der Waals surface area contributed by atoms with Gasteiger partial charge in [-0.25, -0.2) is 4.79 Å². The number of amides is 1. The van der Waals surface area contributed by atoms with Crippen LogP contribution >= 0.6 is 27.5 Å². The number of benzene rings is 1. The molecule has 2 atom stereocenters. The summed E-state index contributed by atoms with van der Waals surface area (Å²) in [5, 5.41) is 0.635. The lowest BCUT2D eigenvalue weighted by Gasteiger charge is -2.39. The van der Waals surface area contributed by atoms with Crippen molar-refractivity contribution in [3.63, 3.8) is 0 Å². The fourth-order valence-corrected chi connectivity index (χ4v) is 3.22. The first-order chi connectivity index (χ1) is 10.2. The van der Waals surface area contributed by atoms with E-state index in [0.29, 0.717) is 18.0 Å². The van der Waals surface area contributed by atoms with Gasteiger partial charge in [0.1, 0.15) is 5.60 Å².